The van der Waals surface area contributed by atoms with Crippen molar-refractivity contribution >= 4 is 11.7 Å². The monoisotopic (exact) mass is 253 g/mol. The van der Waals surface area contributed by atoms with Crippen molar-refractivity contribution in [3.63, 3.8) is 0 Å². The third-order valence-electron chi connectivity index (χ3n) is 3.59. The summed E-state index contributed by atoms with van der Waals surface area (Å²) in [5, 5.41) is 9.17. The standard InChI is InChI=1S/C16H15NO2/c17-15-13(16(18)19)9-8-12(14(15)11-6-7-11)10-4-2-1-3-5-10/h1-5,8-9,11H,6-7,17H2,(H,18,19). The second-order valence-corrected chi connectivity index (χ2v) is 4.93. The van der Waals surface area contributed by atoms with Crippen LogP contribution in [0.4, 0.5) is 5.69 Å². The molecule has 1 aliphatic rings. The number of hydrogen-bond acceptors (Lipinski definition) is 2. The highest BCUT2D eigenvalue weighted by Crippen LogP contribution is 2.47. The van der Waals surface area contributed by atoms with E-state index in [4.69, 9.17) is 5.73 Å². The lowest BCUT2D eigenvalue weighted by atomic mass is 9.92. The molecule has 0 saturated heterocycles. The molecule has 2 aromatic rings. The molecule has 3 heteroatoms. The molecule has 19 heavy (non-hydrogen) atoms. The summed E-state index contributed by atoms with van der Waals surface area (Å²) in [7, 11) is 0. The van der Waals surface area contributed by atoms with Crippen LogP contribution in [0.2, 0.25) is 0 Å². The maximum absolute atomic E-state index is 11.2. The summed E-state index contributed by atoms with van der Waals surface area (Å²) in [5.74, 6) is -0.548. The fourth-order valence-corrected chi connectivity index (χ4v) is 2.50. The number of anilines is 1. The first-order valence-electron chi connectivity index (χ1n) is 6.39. The van der Waals surface area contributed by atoms with Crippen LogP contribution >= 0.6 is 0 Å². The number of rotatable bonds is 3. The third-order valence-corrected chi connectivity index (χ3v) is 3.59. The molecule has 3 rings (SSSR count). The van der Waals surface area contributed by atoms with Gasteiger partial charge in [-0.3, -0.25) is 0 Å². The van der Waals surface area contributed by atoms with Gasteiger partial charge in [0.2, 0.25) is 0 Å². The van der Waals surface area contributed by atoms with Crippen molar-refractivity contribution < 1.29 is 9.90 Å². The summed E-state index contributed by atoms with van der Waals surface area (Å²) in [6, 6.07) is 13.5. The normalized spacial score (nSPS) is 14.3. The van der Waals surface area contributed by atoms with Gasteiger partial charge in [-0.05, 0) is 41.5 Å². The van der Waals surface area contributed by atoms with E-state index in [2.05, 4.69) is 0 Å². The largest absolute Gasteiger partial charge is 0.478 e. The van der Waals surface area contributed by atoms with Gasteiger partial charge < -0.3 is 10.8 Å². The van der Waals surface area contributed by atoms with Gasteiger partial charge in [-0.15, -0.1) is 0 Å². The summed E-state index contributed by atoms with van der Waals surface area (Å²) >= 11 is 0. The number of carbonyl (C=O) groups is 1. The Labute approximate surface area is 111 Å². The topological polar surface area (TPSA) is 63.3 Å². The molecule has 0 aliphatic heterocycles. The number of nitrogens with two attached hydrogens (primary N) is 1. The van der Waals surface area contributed by atoms with Crippen LogP contribution in [-0.2, 0) is 0 Å². The molecule has 0 atom stereocenters. The lowest BCUT2D eigenvalue weighted by Gasteiger charge is -2.14. The van der Waals surface area contributed by atoms with Crippen LogP contribution in [0, 0.1) is 0 Å². The number of carboxylic acid groups (broad SMARTS) is 1. The molecular formula is C16H15NO2. The molecule has 3 N–H and O–H groups in total. The van der Waals surface area contributed by atoms with Crippen LogP contribution in [0.5, 0.6) is 0 Å². The van der Waals surface area contributed by atoms with E-state index >= 15 is 0 Å². The van der Waals surface area contributed by atoms with Crippen molar-refractivity contribution in [2.24, 2.45) is 0 Å². The first-order valence-corrected chi connectivity index (χ1v) is 6.39. The van der Waals surface area contributed by atoms with Crippen LogP contribution in [0.15, 0.2) is 42.5 Å². The Bertz CT molecular complexity index is 631. The molecule has 0 heterocycles. The van der Waals surface area contributed by atoms with Crippen molar-refractivity contribution in [2.75, 3.05) is 5.73 Å². The van der Waals surface area contributed by atoms with Crippen molar-refractivity contribution in [1.29, 1.82) is 0 Å². The van der Waals surface area contributed by atoms with E-state index in [9.17, 15) is 9.90 Å². The molecule has 0 unspecified atom stereocenters. The number of benzene rings is 2. The maximum Gasteiger partial charge on any atom is 0.337 e. The quantitative estimate of drug-likeness (QED) is 0.823. The number of carboxylic acids is 1. The van der Waals surface area contributed by atoms with Crippen LogP contribution in [-0.4, -0.2) is 11.1 Å². The second kappa shape index (κ2) is 4.43. The minimum Gasteiger partial charge on any atom is -0.478 e. The summed E-state index contributed by atoms with van der Waals surface area (Å²) in [6.07, 6.45) is 2.18. The van der Waals surface area contributed by atoms with Gasteiger partial charge in [0, 0.05) is 0 Å². The van der Waals surface area contributed by atoms with E-state index in [0.29, 0.717) is 11.6 Å². The molecule has 96 valence electrons. The molecule has 0 aromatic heterocycles. The van der Waals surface area contributed by atoms with Crippen molar-refractivity contribution in [2.45, 2.75) is 18.8 Å². The van der Waals surface area contributed by atoms with Crippen LogP contribution < -0.4 is 5.73 Å². The molecule has 2 aromatic carbocycles. The van der Waals surface area contributed by atoms with Crippen LogP contribution in [0.3, 0.4) is 0 Å². The van der Waals surface area contributed by atoms with E-state index in [1.54, 1.807) is 6.07 Å². The first kappa shape index (κ1) is 11.8. The molecule has 1 fully saturated rings. The molecule has 0 radical (unpaired) electrons. The van der Waals surface area contributed by atoms with E-state index in [-0.39, 0.29) is 5.56 Å². The van der Waals surface area contributed by atoms with Gasteiger partial charge in [0.25, 0.3) is 0 Å². The molecule has 0 bridgehead atoms. The molecule has 3 nitrogen and oxygen atoms in total. The van der Waals surface area contributed by atoms with Gasteiger partial charge >= 0.3 is 5.97 Å². The smallest absolute Gasteiger partial charge is 0.337 e. The Kier molecular flexibility index (Phi) is 2.75. The highest BCUT2D eigenvalue weighted by atomic mass is 16.4. The third kappa shape index (κ3) is 2.08. The van der Waals surface area contributed by atoms with Crippen LogP contribution in [0.1, 0.15) is 34.7 Å². The Balaban J connectivity index is 2.20. The summed E-state index contributed by atoms with van der Waals surface area (Å²) in [4.78, 5) is 11.2. The minimum absolute atomic E-state index is 0.210. The average Bonchev–Trinajstić information content (AvgIpc) is 3.23. The van der Waals surface area contributed by atoms with Gasteiger partial charge in [-0.1, -0.05) is 36.4 Å². The number of nitrogen functional groups attached to an aromatic ring is 1. The second-order valence-electron chi connectivity index (χ2n) is 4.93. The number of hydrogen-bond donors (Lipinski definition) is 2. The fourth-order valence-electron chi connectivity index (χ4n) is 2.50. The van der Waals surface area contributed by atoms with Crippen LogP contribution in [0.25, 0.3) is 11.1 Å². The zero-order valence-corrected chi connectivity index (χ0v) is 10.5. The predicted octanol–water partition coefficient (Wildman–Crippen LogP) is 3.51. The van der Waals surface area contributed by atoms with Crippen molar-refractivity contribution in [3.05, 3.63) is 53.6 Å². The van der Waals surface area contributed by atoms with Crippen molar-refractivity contribution in [1.82, 2.24) is 0 Å². The highest BCUT2D eigenvalue weighted by Gasteiger charge is 2.30. The highest BCUT2D eigenvalue weighted by molar-refractivity contribution is 5.96. The zero-order valence-electron chi connectivity index (χ0n) is 10.5. The Morgan fingerprint density at radius 2 is 1.79 bits per heavy atom. The lowest BCUT2D eigenvalue weighted by molar-refractivity contribution is 0.0698. The Morgan fingerprint density at radius 1 is 1.11 bits per heavy atom. The molecule has 1 aliphatic carbocycles. The molecular weight excluding hydrogens is 238 g/mol. The Morgan fingerprint density at radius 3 is 2.37 bits per heavy atom. The predicted molar refractivity (Wildman–Crippen MR) is 75.2 cm³/mol. The average molecular weight is 253 g/mol. The van der Waals surface area contributed by atoms with E-state index in [1.807, 2.05) is 36.4 Å². The van der Waals surface area contributed by atoms with Gasteiger partial charge in [-0.2, -0.15) is 0 Å². The summed E-state index contributed by atoms with van der Waals surface area (Å²) < 4.78 is 0. The summed E-state index contributed by atoms with van der Waals surface area (Å²) in [5.41, 5.74) is 9.88. The van der Waals surface area contributed by atoms with Gasteiger partial charge in [0.05, 0.1) is 11.3 Å². The molecule has 1 saturated carbocycles. The minimum atomic E-state index is -0.959. The van der Waals surface area contributed by atoms with Gasteiger partial charge in [0.1, 0.15) is 0 Å². The fraction of sp³-hybridized carbons (Fsp3) is 0.188. The molecule has 0 spiro atoms. The van der Waals surface area contributed by atoms with Gasteiger partial charge in [0.15, 0.2) is 0 Å². The molecule has 0 amide bonds. The first-order chi connectivity index (χ1) is 9.18. The Hall–Kier alpha value is -2.29. The van der Waals surface area contributed by atoms with E-state index < -0.39 is 5.97 Å². The lowest BCUT2D eigenvalue weighted by Crippen LogP contribution is -2.06. The summed E-state index contributed by atoms with van der Waals surface area (Å²) in [6.45, 7) is 0. The van der Waals surface area contributed by atoms with E-state index in [0.717, 1.165) is 29.5 Å². The van der Waals surface area contributed by atoms with Crippen molar-refractivity contribution in [3.8, 4) is 11.1 Å². The SMILES string of the molecule is Nc1c(C(=O)O)ccc(-c2ccccc2)c1C1CC1. The number of aromatic carboxylic acids is 1. The zero-order chi connectivity index (χ0) is 13.4. The van der Waals surface area contributed by atoms with Gasteiger partial charge in [-0.25, -0.2) is 4.79 Å². The maximum atomic E-state index is 11.2. The van der Waals surface area contributed by atoms with E-state index in [1.165, 1.54) is 0 Å².